The van der Waals surface area contributed by atoms with Gasteiger partial charge in [0.05, 0.1) is 6.04 Å². The molecule has 1 amide bonds. The van der Waals surface area contributed by atoms with E-state index in [4.69, 9.17) is 5.73 Å². The average Bonchev–Trinajstić information content (AvgIpc) is 2.18. The quantitative estimate of drug-likeness (QED) is 0.764. The summed E-state index contributed by atoms with van der Waals surface area (Å²) < 4.78 is 0. The van der Waals surface area contributed by atoms with Gasteiger partial charge in [-0.2, -0.15) is 0 Å². The molecule has 1 aromatic rings. The number of rotatable bonds is 3. The highest BCUT2D eigenvalue weighted by molar-refractivity contribution is 5.94. The van der Waals surface area contributed by atoms with Crippen molar-refractivity contribution in [3.8, 4) is 0 Å². The van der Waals surface area contributed by atoms with E-state index in [1.165, 1.54) is 0 Å². The lowest BCUT2D eigenvalue weighted by molar-refractivity contribution is -0.118. The molecule has 0 aliphatic rings. The van der Waals surface area contributed by atoms with Crippen molar-refractivity contribution in [1.82, 2.24) is 0 Å². The summed E-state index contributed by atoms with van der Waals surface area (Å²) in [5.41, 5.74) is 6.48. The van der Waals surface area contributed by atoms with Crippen LogP contribution in [0.2, 0.25) is 0 Å². The Morgan fingerprint density at radius 3 is 2.36 bits per heavy atom. The van der Waals surface area contributed by atoms with E-state index in [0.29, 0.717) is 0 Å². The van der Waals surface area contributed by atoms with Crippen LogP contribution in [-0.2, 0) is 4.79 Å². The van der Waals surface area contributed by atoms with Crippen LogP contribution in [0.25, 0.3) is 0 Å². The van der Waals surface area contributed by atoms with E-state index < -0.39 is 6.04 Å². The highest BCUT2D eigenvalue weighted by Gasteiger charge is 2.16. The molecule has 0 heterocycles. The molecule has 0 radical (unpaired) electrons. The van der Waals surface area contributed by atoms with Crippen LogP contribution < -0.4 is 11.1 Å². The first kappa shape index (κ1) is 10.7. The molecule has 0 spiro atoms. The second-order valence-electron chi connectivity index (χ2n) is 3.63. The molecule has 3 nitrogen and oxygen atoms in total. The van der Waals surface area contributed by atoms with Crippen LogP contribution in [0.3, 0.4) is 0 Å². The van der Waals surface area contributed by atoms with E-state index in [1.807, 2.05) is 44.2 Å². The summed E-state index contributed by atoms with van der Waals surface area (Å²) in [5, 5.41) is 2.76. The lowest BCUT2D eigenvalue weighted by atomic mass is 10.1. The minimum atomic E-state index is -0.449. The van der Waals surface area contributed by atoms with Gasteiger partial charge in [-0.15, -0.1) is 0 Å². The fourth-order valence-corrected chi connectivity index (χ4v) is 1.05. The Morgan fingerprint density at radius 2 is 1.86 bits per heavy atom. The largest absolute Gasteiger partial charge is 0.325 e. The van der Waals surface area contributed by atoms with Crippen molar-refractivity contribution in [2.24, 2.45) is 11.7 Å². The Kier molecular flexibility index (Phi) is 3.65. The lowest BCUT2D eigenvalue weighted by Gasteiger charge is -2.15. The maximum atomic E-state index is 11.5. The molecule has 14 heavy (non-hydrogen) atoms. The first-order valence-corrected chi connectivity index (χ1v) is 4.72. The zero-order chi connectivity index (χ0) is 10.6. The number of amides is 1. The van der Waals surface area contributed by atoms with E-state index >= 15 is 0 Å². The van der Waals surface area contributed by atoms with Gasteiger partial charge < -0.3 is 11.1 Å². The smallest absolute Gasteiger partial charge is 0.241 e. The summed E-state index contributed by atoms with van der Waals surface area (Å²) in [5.74, 6) is 0.0184. The number of nitrogens with one attached hydrogen (secondary N) is 1. The van der Waals surface area contributed by atoms with Crippen LogP contribution in [-0.4, -0.2) is 11.9 Å². The van der Waals surface area contributed by atoms with Gasteiger partial charge in [0.25, 0.3) is 0 Å². The number of hydrogen-bond donors (Lipinski definition) is 2. The molecule has 0 aromatic heterocycles. The third-order valence-electron chi connectivity index (χ3n) is 2.06. The fraction of sp³-hybridized carbons (Fsp3) is 0.364. The number of benzene rings is 1. The number of carbonyl (C=O) groups is 1. The zero-order valence-corrected chi connectivity index (χ0v) is 8.53. The Bertz CT molecular complexity index is 295. The molecule has 1 aromatic carbocycles. The molecule has 0 saturated carbocycles. The van der Waals surface area contributed by atoms with Gasteiger partial charge in [-0.05, 0) is 18.1 Å². The minimum absolute atomic E-state index is 0.133. The van der Waals surface area contributed by atoms with E-state index in [0.717, 1.165) is 5.69 Å². The van der Waals surface area contributed by atoms with Crippen LogP contribution in [0.15, 0.2) is 30.3 Å². The summed E-state index contributed by atoms with van der Waals surface area (Å²) in [6.45, 7) is 3.85. The van der Waals surface area contributed by atoms with Crippen molar-refractivity contribution >= 4 is 11.6 Å². The van der Waals surface area contributed by atoms with Crippen LogP contribution in [0, 0.1) is 5.92 Å². The summed E-state index contributed by atoms with van der Waals surface area (Å²) in [4.78, 5) is 11.5. The van der Waals surface area contributed by atoms with E-state index in [9.17, 15) is 4.79 Å². The van der Waals surface area contributed by atoms with Gasteiger partial charge in [-0.25, -0.2) is 0 Å². The zero-order valence-electron chi connectivity index (χ0n) is 8.53. The van der Waals surface area contributed by atoms with Crippen molar-refractivity contribution in [2.75, 3.05) is 5.32 Å². The van der Waals surface area contributed by atoms with Gasteiger partial charge in [-0.1, -0.05) is 32.0 Å². The second-order valence-corrected chi connectivity index (χ2v) is 3.63. The van der Waals surface area contributed by atoms with Crippen molar-refractivity contribution in [3.63, 3.8) is 0 Å². The predicted molar refractivity (Wildman–Crippen MR) is 57.9 cm³/mol. The number of nitrogens with two attached hydrogens (primary N) is 1. The molecule has 1 unspecified atom stereocenters. The fourth-order valence-electron chi connectivity index (χ4n) is 1.05. The number of anilines is 1. The van der Waals surface area contributed by atoms with Gasteiger partial charge in [0.1, 0.15) is 0 Å². The summed E-state index contributed by atoms with van der Waals surface area (Å²) >= 11 is 0. The first-order valence-electron chi connectivity index (χ1n) is 4.72. The van der Waals surface area contributed by atoms with Crippen molar-refractivity contribution < 1.29 is 4.79 Å². The van der Waals surface area contributed by atoms with Gasteiger partial charge in [0.2, 0.25) is 5.91 Å². The first-order chi connectivity index (χ1) is 6.61. The van der Waals surface area contributed by atoms with Gasteiger partial charge in [-0.3, -0.25) is 4.79 Å². The Balaban J connectivity index is 2.58. The van der Waals surface area contributed by atoms with Crippen LogP contribution in [0.1, 0.15) is 13.8 Å². The SMILES string of the molecule is CC(C)C(N)C(=O)Nc1ccccc1. The summed E-state index contributed by atoms with van der Waals surface area (Å²) in [6.07, 6.45) is 0. The third-order valence-corrected chi connectivity index (χ3v) is 2.06. The molecule has 0 saturated heterocycles. The van der Waals surface area contributed by atoms with Gasteiger partial charge in [0, 0.05) is 5.69 Å². The molecule has 1 rings (SSSR count). The standard InChI is InChI=1S/C11H16N2O/c1-8(2)10(12)11(14)13-9-6-4-3-5-7-9/h3-8,10H,12H2,1-2H3,(H,13,14). The molecule has 0 fully saturated rings. The Hall–Kier alpha value is -1.35. The number of hydrogen-bond acceptors (Lipinski definition) is 2. The molecule has 0 aliphatic carbocycles. The van der Waals surface area contributed by atoms with Crippen molar-refractivity contribution in [2.45, 2.75) is 19.9 Å². The molecule has 3 heteroatoms. The van der Waals surface area contributed by atoms with Crippen LogP contribution >= 0.6 is 0 Å². The highest BCUT2D eigenvalue weighted by Crippen LogP contribution is 2.07. The van der Waals surface area contributed by atoms with Crippen LogP contribution in [0.4, 0.5) is 5.69 Å². The Morgan fingerprint density at radius 1 is 1.29 bits per heavy atom. The number of carbonyl (C=O) groups excluding carboxylic acids is 1. The van der Waals surface area contributed by atoms with Crippen molar-refractivity contribution in [3.05, 3.63) is 30.3 Å². The topological polar surface area (TPSA) is 55.1 Å². The Labute approximate surface area is 84.3 Å². The van der Waals surface area contributed by atoms with E-state index in [2.05, 4.69) is 5.32 Å². The van der Waals surface area contributed by atoms with Crippen LogP contribution in [0.5, 0.6) is 0 Å². The maximum Gasteiger partial charge on any atom is 0.241 e. The molecule has 1 atom stereocenters. The van der Waals surface area contributed by atoms with Gasteiger partial charge in [0.15, 0.2) is 0 Å². The monoisotopic (exact) mass is 192 g/mol. The minimum Gasteiger partial charge on any atom is -0.325 e. The maximum absolute atomic E-state index is 11.5. The highest BCUT2D eigenvalue weighted by atomic mass is 16.2. The predicted octanol–water partition coefficient (Wildman–Crippen LogP) is 1.61. The molecular formula is C11H16N2O. The van der Waals surface area contributed by atoms with Gasteiger partial charge >= 0.3 is 0 Å². The normalized spacial score (nSPS) is 12.6. The average molecular weight is 192 g/mol. The molecule has 76 valence electrons. The van der Waals surface area contributed by atoms with E-state index in [1.54, 1.807) is 0 Å². The third kappa shape index (κ3) is 2.85. The van der Waals surface area contributed by atoms with E-state index in [-0.39, 0.29) is 11.8 Å². The second kappa shape index (κ2) is 4.77. The molecular weight excluding hydrogens is 176 g/mol. The molecule has 0 aliphatic heterocycles. The number of para-hydroxylation sites is 1. The molecule has 3 N–H and O–H groups in total. The van der Waals surface area contributed by atoms with Crippen molar-refractivity contribution in [1.29, 1.82) is 0 Å². The molecule has 0 bridgehead atoms. The lowest BCUT2D eigenvalue weighted by Crippen LogP contribution is -2.39. The summed E-state index contributed by atoms with van der Waals surface area (Å²) in [6, 6.07) is 8.87. The summed E-state index contributed by atoms with van der Waals surface area (Å²) in [7, 11) is 0.